The number of aromatic nitrogens is 1. The van der Waals surface area contributed by atoms with Gasteiger partial charge in [0.15, 0.2) is 5.75 Å². The molecule has 4 nitrogen and oxygen atoms in total. The summed E-state index contributed by atoms with van der Waals surface area (Å²) in [5.74, 6) is -1.23. The van der Waals surface area contributed by atoms with Crippen LogP contribution in [0.1, 0.15) is 12.5 Å². The molecule has 0 radical (unpaired) electrons. The van der Waals surface area contributed by atoms with Crippen LogP contribution in [0.15, 0.2) is 18.5 Å². The Kier molecular flexibility index (Phi) is 3.41. The van der Waals surface area contributed by atoms with Crippen molar-refractivity contribution in [3.05, 3.63) is 24.0 Å². The third kappa shape index (κ3) is 3.09. The van der Waals surface area contributed by atoms with Crippen molar-refractivity contribution in [2.75, 3.05) is 5.75 Å². The Labute approximate surface area is 90.2 Å². The van der Waals surface area contributed by atoms with Crippen LogP contribution < -0.4 is 4.18 Å². The van der Waals surface area contributed by atoms with Gasteiger partial charge in [-0.3, -0.25) is 4.98 Å². The quantitative estimate of drug-likeness (QED) is 0.773. The van der Waals surface area contributed by atoms with Crippen molar-refractivity contribution in [2.45, 2.75) is 13.1 Å². The second-order valence-electron chi connectivity index (χ2n) is 2.80. The summed E-state index contributed by atoms with van der Waals surface area (Å²) in [6, 6.07) is 0.653. The number of nitrogens with zero attached hydrogens (tertiary/aromatic N) is 1. The molecule has 1 aromatic rings. The van der Waals surface area contributed by atoms with Crippen molar-refractivity contribution in [2.24, 2.45) is 0 Å². The Morgan fingerprint density at radius 3 is 2.56 bits per heavy atom. The maximum Gasteiger partial charge on any atom is 0.420 e. The molecule has 0 spiro atoms. The fourth-order valence-electron chi connectivity index (χ4n) is 0.876. The van der Waals surface area contributed by atoms with Gasteiger partial charge >= 0.3 is 16.3 Å². The standard InChI is InChI=1S/C8H8F3NO3S/c1-2-16(13,14)15-7-5-12-4-3-6(7)8(9,10)11/h3-5H,2H2,1H3. The van der Waals surface area contributed by atoms with Crippen molar-refractivity contribution in [1.29, 1.82) is 0 Å². The molecule has 0 fully saturated rings. The van der Waals surface area contributed by atoms with Crippen LogP contribution in [0, 0.1) is 0 Å². The van der Waals surface area contributed by atoms with E-state index in [-0.39, 0.29) is 0 Å². The molecule has 0 aliphatic rings. The number of alkyl halides is 3. The van der Waals surface area contributed by atoms with Crippen LogP contribution in [0.5, 0.6) is 5.75 Å². The summed E-state index contributed by atoms with van der Waals surface area (Å²) >= 11 is 0. The predicted octanol–water partition coefficient (Wildman–Crippen LogP) is 1.83. The van der Waals surface area contributed by atoms with Gasteiger partial charge in [-0.25, -0.2) is 0 Å². The summed E-state index contributed by atoms with van der Waals surface area (Å²) in [6.45, 7) is 1.26. The second kappa shape index (κ2) is 4.28. The van der Waals surface area contributed by atoms with Gasteiger partial charge in [0.25, 0.3) is 0 Å². The van der Waals surface area contributed by atoms with Crippen LogP contribution in [-0.4, -0.2) is 19.2 Å². The SMILES string of the molecule is CCS(=O)(=O)Oc1cnccc1C(F)(F)F. The lowest BCUT2D eigenvalue weighted by Crippen LogP contribution is -2.15. The number of halogens is 3. The molecular formula is C8H8F3NO3S. The molecule has 0 unspecified atom stereocenters. The monoisotopic (exact) mass is 255 g/mol. The molecule has 8 heteroatoms. The largest absolute Gasteiger partial charge is 0.420 e. The van der Waals surface area contributed by atoms with Crippen LogP contribution >= 0.6 is 0 Å². The van der Waals surface area contributed by atoms with Crippen LogP contribution in [0.4, 0.5) is 13.2 Å². The molecule has 0 bridgehead atoms. The minimum atomic E-state index is -4.68. The molecule has 16 heavy (non-hydrogen) atoms. The zero-order valence-corrected chi connectivity index (χ0v) is 8.97. The highest BCUT2D eigenvalue weighted by atomic mass is 32.2. The van der Waals surface area contributed by atoms with Crippen LogP contribution in [0.25, 0.3) is 0 Å². The Hall–Kier alpha value is -1.31. The fourth-order valence-corrected chi connectivity index (χ4v) is 1.40. The molecule has 1 rings (SSSR count). The molecule has 1 aromatic heterocycles. The molecule has 0 saturated carbocycles. The number of hydrogen-bond donors (Lipinski definition) is 0. The van der Waals surface area contributed by atoms with E-state index in [1.807, 2.05) is 0 Å². The van der Waals surface area contributed by atoms with Gasteiger partial charge in [0, 0.05) is 6.20 Å². The van der Waals surface area contributed by atoms with E-state index in [0.29, 0.717) is 6.07 Å². The lowest BCUT2D eigenvalue weighted by molar-refractivity contribution is -0.138. The Balaban J connectivity index is 3.16. The highest BCUT2D eigenvalue weighted by Crippen LogP contribution is 2.35. The van der Waals surface area contributed by atoms with E-state index in [0.717, 1.165) is 12.4 Å². The van der Waals surface area contributed by atoms with E-state index in [1.165, 1.54) is 6.92 Å². The van der Waals surface area contributed by atoms with E-state index >= 15 is 0 Å². The maximum absolute atomic E-state index is 12.4. The van der Waals surface area contributed by atoms with Crippen LogP contribution in [0.2, 0.25) is 0 Å². The van der Waals surface area contributed by atoms with Crippen LogP contribution in [-0.2, 0) is 16.3 Å². The Morgan fingerprint density at radius 2 is 2.06 bits per heavy atom. The normalized spacial score (nSPS) is 12.5. The lowest BCUT2D eigenvalue weighted by atomic mass is 10.2. The molecule has 0 N–H and O–H groups in total. The van der Waals surface area contributed by atoms with Crippen molar-refractivity contribution < 1.29 is 25.8 Å². The lowest BCUT2D eigenvalue weighted by Gasteiger charge is -2.11. The minimum Gasteiger partial charge on any atom is -0.380 e. The summed E-state index contributed by atoms with van der Waals surface area (Å²) in [5, 5.41) is 0. The van der Waals surface area contributed by atoms with Gasteiger partial charge in [0.2, 0.25) is 0 Å². The highest BCUT2D eigenvalue weighted by molar-refractivity contribution is 7.87. The summed E-state index contributed by atoms with van der Waals surface area (Å²) in [7, 11) is -4.00. The van der Waals surface area contributed by atoms with Gasteiger partial charge in [-0.2, -0.15) is 21.6 Å². The van der Waals surface area contributed by atoms with Crippen molar-refractivity contribution in [1.82, 2.24) is 4.98 Å². The average Bonchev–Trinajstić information content (AvgIpc) is 2.16. The number of rotatable bonds is 3. The zero-order valence-electron chi connectivity index (χ0n) is 8.15. The van der Waals surface area contributed by atoms with Gasteiger partial charge in [-0.1, -0.05) is 0 Å². The Morgan fingerprint density at radius 1 is 1.44 bits per heavy atom. The minimum absolute atomic E-state index is 0.417. The van der Waals surface area contributed by atoms with E-state index < -0.39 is 33.4 Å². The third-order valence-corrected chi connectivity index (χ3v) is 2.80. The second-order valence-corrected chi connectivity index (χ2v) is 4.66. The summed E-state index contributed by atoms with van der Waals surface area (Å²) in [5.41, 5.74) is -1.17. The Bertz CT molecular complexity index is 470. The molecular weight excluding hydrogens is 247 g/mol. The van der Waals surface area contributed by atoms with Gasteiger partial charge in [-0.05, 0) is 13.0 Å². The molecule has 1 heterocycles. The van der Waals surface area contributed by atoms with Gasteiger partial charge < -0.3 is 4.18 Å². The first-order chi connectivity index (χ1) is 7.26. The maximum atomic E-state index is 12.4. The molecule has 90 valence electrons. The van der Waals surface area contributed by atoms with Crippen molar-refractivity contribution >= 4 is 10.1 Å². The van der Waals surface area contributed by atoms with Crippen LogP contribution in [0.3, 0.4) is 0 Å². The van der Waals surface area contributed by atoms with E-state index in [1.54, 1.807) is 0 Å². The summed E-state index contributed by atoms with van der Waals surface area (Å²) in [6.07, 6.45) is -3.05. The van der Waals surface area contributed by atoms with Crippen molar-refractivity contribution in [3.8, 4) is 5.75 Å². The van der Waals surface area contributed by atoms with Gasteiger partial charge in [-0.15, -0.1) is 0 Å². The first-order valence-electron chi connectivity index (χ1n) is 4.19. The molecule has 0 aliphatic carbocycles. The summed E-state index contributed by atoms with van der Waals surface area (Å²) < 4.78 is 63.6. The van der Waals surface area contributed by atoms with Crippen molar-refractivity contribution in [3.63, 3.8) is 0 Å². The number of hydrogen-bond acceptors (Lipinski definition) is 4. The zero-order chi connectivity index (χ0) is 12.4. The smallest absolute Gasteiger partial charge is 0.380 e. The third-order valence-electron chi connectivity index (χ3n) is 1.66. The molecule has 0 aliphatic heterocycles. The first-order valence-corrected chi connectivity index (χ1v) is 5.77. The number of pyridine rings is 1. The molecule has 0 atom stereocenters. The topological polar surface area (TPSA) is 56.3 Å². The molecule has 0 saturated heterocycles. The molecule has 0 amide bonds. The van der Waals surface area contributed by atoms with Gasteiger partial charge in [0.05, 0.1) is 11.9 Å². The highest BCUT2D eigenvalue weighted by Gasteiger charge is 2.35. The van der Waals surface area contributed by atoms with E-state index in [2.05, 4.69) is 9.17 Å². The molecule has 0 aromatic carbocycles. The fraction of sp³-hybridized carbons (Fsp3) is 0.375. The summed E-state index contributed by atoms with van der Waals surface area (Å²) in [4.78, 5) is 3.39. The average molecular weight is 255 g/mol. The van der Waals surface area contributed by atoms with Gasteiger partial charge in [0.1, 0.15) is 5.56 Å². The van der Waals surface area contributed by atoms with E-state index in [9.17, 15) is 21.6 Å². The predicted molar refractivity (Wildman–Crippen MR) is 49.3 cm³/mol. The van der Waals surface area contributed by atoms with E-state index in [4.69, 9.17) is 0 Å². The first kappa shape index (κ1) is 12.8.